The van der Waals surface area contributed by atoms with Crippen LogP contribution in [-0.4, -0.2) is 32.0 Å². The third-order valence-corrected chi connectivity index (χ3v) is 3.02. The number of hydrogen-bond acceptors (Lipinski definition) is 4. The van der Waals surface area contributed by atoms with Crippen molar-refractivity contribution in [1.29, 1.82) is 0 Å². The number of halogens is 1. The lowest BCUT2D eigenvalue weighted by atomic mass is 10.1. The van der Waals surface area contributed by atoms with E-state index in [4.69, 9.17) is 20.3 Å². The van der Waals surface area contributed by atoms with E-state index in [0.717, 1.165) is 10.0 Å². The molecule has 16 heavy (non-hydrogen) atoms. The molecule has 0 saturated carbocycles. The highest BCUT2D eigenvalue weighted by Gasteiger charge is 2.11. The molecule has 0 fully saturated rings. The van der Waals surface area contributed by atoms with Crippen molar-refractivity contribution in [1.82, 2.24) is 0 Å². The molecule has 5 heteroatoms. The fraction of sp³-hybridized carbons (Fsp3) is 0.455. The molecule has 1 rings (SSSR count). The van der Waals surface area contributed by atoms with E-state index in [1.807, 2.05) is 12.1 Å². The maximum atomic E-state index is 8.91. The number of aliphatic hydroxyl groups is 1. The largest absolute Gasteiger partial charge is 0.495 e. The Kier molecular flexibility index (Phi) is 5.05. The summed E-state index contributed by atoms with van der Waals surface area (Å²) in [6.45, 7) is -0.0410. The highest BCUT2D eigenvalue weighted by molar-refractivity contribution is 9.10. The Morgan fingerprint density at radius 3 is 2.19 bits per heavy atom. The molecule has 0 aliphatic carbocycles. The predicted octanol–water partition coefficient (Wildman–Crippen LogP) is 1.33. The normalized spacial score (nSPS) is 12.3. The Morgan fingerprint density at radius 2 is 1.81 bits per heavy atom. The van der Waals surface area contributed by atoms with Gasteiger partial charge in [0, 0.05) is 6.04 Å². The standard InChI is InChI=1S/C11H16BrNO3/c1-15-9-4-7(3-8(13)6-14)5-10(16-2)11(9)12/h4-5,8,14H,3,6,13H2,1-2H3. The number of benzene rings is 1. The van der Waals surface area contributed by atoms with E-state index in [9.17, 15) is 0 Å². The molecule has 1 unspecified atom stereocenters. The smallest absolute Gasteiger partial charge is 0.137 e. The van der Waals surface area contributed by atoms with Gasteiger partial charge in [-0.15, -0.1) is 0 Å². The van der Waals surface area contributed by atoms with Crippen LogP contribution in [0.3, 0.4) is 0 Å². The summed E-state index contributed by atoms with van der Waals surface area (Å²) >= 11 is 3.39. The first kappa shape index (κ1) is 13.3. The number of hydrogen-bond donors (Lipinski definition) is 2. The maximum Gasteiger partial charge on any atom is 0.137 e. The molecule has 4 nitrogen and oxygen atoms in total. The third kappa shape index (κ3) is 3.10. The van der Waals surface area contributed by atoms with Gasteiger partial charge < -0.3 is 20.3 Å². The Balaban J connectivity index is 3.02. The van der Waals surface area contributed by atoms with Crippen molar-refractivity contribution in [2.24, 2.45) is 5.73 Å². The molecule has 0 spiro atoms. The van der Waals surface area contributed by atoms with Crippen molar-refractivity contribution in [3.8, 4) is 11.5 Å². The average Bonchev–Trinajstić information content (AvgIpc) is 2.30. The van der Waals surface area contributed by atoms with E-state index in [2.05, 4.69) is 15.9 Å². The summed E-state index contributed by atoms with van der Waals surface area (Å²) in [4.78, 5) is 0. The van der Waals surface area contributed by atoms with Crippen LogP contribution in [0.25, 0.3) is 0 Å². The molecular formula is C11H16BrNO3. The van der Waals surface area contributed by atoms with Gasteiger partial charge in [-0.05, 0) is 40.0 Å². The van der Waals surface area contributed by atoms with Crippen LogP contribution in [-0.2, 0) is 6.42 Å². The lowest BCUT2D eigenvalue weighted by molar-refractivity contribution is 0.265. The minimum Gasteiger partial charge on any atom is -0.495 e. The first-order valence-electron chi connectivity index (χ1n) is 4.89. The molecule has 0 heterocycles. The van der Waals surface area contributed by atoms with Crippen LogP contribution < -0.4 is 15.2 Å². The van der Waals surface area contributed by atoms with Crippen LogP contribution in [0, 0.1) is 0 Å². The lowest BCUT2D eigenvalue weighted by Gasteiger charge is -2.13. The molecule has 0 aliphatic heterocycles. The van der Waals surface area contributed by atoms with E-state index in [1.165, 1.54) is 0 Å². The third-order valence-electron chi connectivity index (χ3n) is 2.24. The Bertz CT molecular complexity index is 332. The number of rotatable bonds is 5. The maximum absolute atomic E-state index is 8.91. The second-order valence-electron chi connectivity index (χ2n) is 3.46. The topological polar surface area (TPSA) is 64.7 Å². The zero-order chi connectivity index (χ0) is 12.1. The summed E-state index contributed by atoms with van der Waals surface area (Å²) in [5, 5.41) is 8.91. The van der Waals surface area contributed by atoms with Crippen LogP contribution >= 0.6 is 15.9 Å². The first-order valence-corrected chi connectivity index (χ1v) is 5.68. The zero-order valence-electron chi connectivity index (χ0n) is 9.37. The van der Waals surface area contributed by atoms with E-state index in [0.29, 0.717) is 17.9 Å². The van der Waals surface area contributed by atoms with Crippen molar-refractivity contribution in [3.63, 3.8) is 0 Å². The molecule has 0 aromatic heterocycles. The minimum atomic E-state index is -0.268. The second kappa shape index (κ2) is 6.08. The van der Waals surface area contributed by atoms with Gasteiger partial charge in [-0.25, -0.2) is 0 Å². The van der Waals surface area contributed by atoms with Crippen LogP contribution in [0.4, 0.5) is 0 Å². The summed E-state index contributed by atoms with van der Waals surface area (Å²) in [6.07, 6.45) is 0.580. The summed E-state index contributed by atoms with van der Waals surface area (Å²) in [5.41, 5.74) is 6.65. The minimum absolute atomic E-state index is 0.0410. The van der Waals surface area contributed by atoms with Gasteiger partial charge in [0.15, 0.2) is 0 Å². The molecular weight excluding hydrogens is 274 g/mol. The second-order valence-corrected chi connectivity index (χ2v) is 4.25. The van der Waals surface area contributed by atoms with Gasteiger partial charge in [0.2, 0.25) is 0 Å². The summed E-state index contributed by atoms with van der Waals surface area (Å²) in [7, 11) is 3.19. The van der Waals surface area contributed by atoms with Gasteiger partial charge in [0.1, 0.15) is 16.0 Å². The van der Waals surface area contributed by atoms with Crippen LogP contribution in [0.5, 0.6) is 11.5 Å². The SMILES string of the molecule is COc1cc(CC(N)CO)cc(OC)c1Br. The zero-order valence-corrected chi connectivity index (χ0v) is 11.0. The number of nitrogens with two attached hydrogens (primary N) is 1. The highest BCUT2D eigenvalue weighted by atomic mass is 79.9. The van der Waals surface area contributed by atoms with Crippen molar-refractivity contribution in [2.45, 2.75) is 12.5 Å². The van der Waals surface area contributed by atoms with Gasteiger partial charge in [-0.2, -0.15) is 0 Å². The monoisotopic (exact) mass is 289 g/mol. The van der Waals surface area contributed by atoms with Gasteiger partial charge in [-0.1, -0.05) is 0 Å². The fourth-order valence-corrected chi connectivity index (χ4v) is 1.96. The predicted molar refractivity (Wildman–Crippen MR) is 66.0 cm³/mol. The molecule has 0 amide bonds. The van der Waals surface area contributed by atoms with E-state index < -0.39 is 0 Å². The molecule has 1 aromatic carbocycles. The average molecular weight is 290 g/mol. The van der Waals surface area contributed by atoms with Gasteiger partial charge >= 0.3 is 0 Å². The fourth-order valence-electron chi connectivity index (χ4n) is 1.41. The van der Waals surface area contributed by atoms with Crippen molar-refractivity contribution in [3.05, 3.63) is 22.2 Å². The van der Waals surface area contributed by atoms with E-state index in [-0.39, 0.29) is 12.6 Å². The number of ether oxygens (including phenoxy) is 2. The van der Waals surface area contributed by atoms with Gasteiger partial charge in [0.05, 0.1) is 20.8 Å². The van der Waals surface area contributed by atoms with Gasteiger partial charge in [-0.3, -0.25) is 0 Å². The number of methoxy groups -OCH3 is 2. The molecule has 3 N–H and O–H groups in total. The highest BCUT2D eigenvalue weighted by Crippen LogP contribution is 2.35. The van der Waals surface area contributed by atoms with Crippen LogP contribution in [0.15, 0.2) is 16.6 Å². The van der Waals surface area contributed by atoms with Crippen molar-refractivity contribution >= 4 is 15.9 Å². The summed E-state index contributed by atoms with van der Waals surface area (Å²) in [5.74, 6) is 1.39. The molecule has 0 aliphatic rings. The molecule has 1 aromatic rings. The molecule has 90 valence electrons. The molecule has 0 bridgehead atoms. The number of aliphatic hydroxyl groups excluding tert-OH is 1. The van der Waals surface area contributed by atoms with Crippen LogP contribution in [0.1, 0.15) is 5.56 Å². The van der Waals surface area contributed by atoms with Crippen molar-refractivity contribution < 1.29 is 14.6 Å². The first-order chi connectivity index (χ1) is 7.62. The molecule has 0 radical (unpaired) electrons. The summed E-state index contributed by atoms with van der Waals surface area (Å²) in [6, 6.07) is 3.49. The Labute approximate surface area is 103 Å². The van der Waals surface area contributed by atoms with Crippen LogP contribution in [0.2, 0.25) is 0 Å². The lowest BCUT2D eigenvalue weighted by Crippen LogP contribution is -2.26. The Morgan fingerprint density at radius 1 is 1.31 bits per heavy atom. The van der Waals surface area contributed by atoms with E-state index >= 15 is 0 Å². The van der Waals surface area contributed by atoms with Gasteiger partial charge in [0.25, 0.3) is 0 Å². The van der Waals surface area contributed by atoms with Crippen molar-refractivity contribution in [2.75, 3.05) is 20.8 Å². The Hall–Kier alpha value is -0.780. The quantitative estimate of drug-likeness (QED) is 0.858. The van der Waals surface area contributed by atoms with E-state index in [1.54, 1.807) is 14.2 Å². The molecule has 0 saturated heterocycles. The molecule has 1 atom stereocenters. The summed E-state index contributed by atoms with van der Waals surface area (Å²) < 4.78 is 11.2.